The van der Waals surface area contributed by atoms with Crippen molar-refractivity contribution in [1.29, 1.82) is 0 Å². The fourth-order valence-electron chi connectivity index (χ4n) is 4.17. The molecule has 0 unspecified atom stereocenters. The standard InChI is InChI=1S/C22H26N4O4S2/c1-3-29-21(27)15-11-7-5-9-13(17(11)31-19(15)23)25-26-14-10-6-8-12-16(22(28)30-4-2)20(24)32-18(12)14/h3-10,23-24H2,1-2H3/b25-13-,26-14-. The molecule has 32 heavy (non-hydrogen) atoms. The molecular formula is C22H26N4O4S2. The van der Waals surface area contributed by atoms with Crippen molar-refractivity contribution in [2.75, 3.05) is 24.7 Å². The summed E-state index contributed by atoms with van der Waals surface area (Å²) in [6, 6.07) is 0. The Hall–Kier alpha value is -2.72. The molecule has 2 heterocycles. The number of thiophene rings is 2. The third-order valence-electron chi connectivity index (χ3n) is 5.52. The van der Waals surface area contributed by atoms with Crippen molar-refractivity contribution >= 4 is 56.0 Å². The van der Waals surface area contributed by atoms with Crippen LogP contribution in [0.2, 0.25) is 0 Å². The van der Waals surface area contributed by atoms with E-state index in [1.807, 2.05) is 0 Å². The predicted molar refractivity (Wildman–Crippen MR) is 128 cm³/mol. The van der Waals surface area contributed by atoms with Gasteiger partial charge >= 0.3 is 11.9 Å². The third kappa shape index (κ3) is 4.04. The number of hydrogen-bond acceptors (Lipinski definition) is 10. The molecule has 2 aromatic rings. The summed E-state index contributed by atoms with van der Waals surface area (Å²) >= 11 is 2.73. The quantitative estimate of drug-likeness (QED) is 0.494. The van der Waals surface area contributed by atoms with Crippen molar-refractivity contribution in [2.45, 2.75) is 52.4 Å². The number of rotatable bonds is 5. The van der Waals surface area contributed by atoms with Gasteiger partial charge in [0.25, 0.3) is 0 Å². The number of nitrogens with two attached hydrogens (primary N) is 2. The van der Waals surface area contributed by atoms with E-state index < -0.39 is 0 Å². The van der Waals surface area contributed by atoms with Gasteiger partial charge in [-0.15, -0.1) is 22.7 Å². The summed E-state index contributed by atoms with van der Waals surface area (Å²) in [6.45, 7) is 4.16. The first-order valence-corrected chi connectivity index (χ1v) is 12.4. The minimum Gasteiger partial charge on any atom is -0.462 e. The zero-order valence-electron chi connectivity index (χ0n) is 18.2. The number of nitrogen functional groups attached to an aromatic ring is 2. The Morgan fingerprint density at radius 3 is 1.56 bits per heavy atom. The van der Waals surface area contributed by atoms with E-state index in [0.29, 0.717) is 34.3 Å². The van der Waals surface area contributed by atoms with E-state index in [2.05, 4.69) is 10.2 Å². The summed E-state index contributed by atoms with van der Waals surface area (Å²) < 4.78 is 10.4. The molecule has 2 aromatic heterocycles. The maximum absolute atomic E-state index is 12.4. The predicted octanol–water partition coefficient (Wildman–Crippen LogP) is 4.19. The Bertz CT molecular complexity index is 1040. The van der Waals surface area contributed by atoms with Gasteiger partial charge in [0.05, 0.1) is 45.5 Å². The van der Waals surface area contributed by atoms with Crippen molar-refractivity contribution < 1.29 is 19.1 Å². The first-order chi connectivity index (χ1) is 15.5. The number of nitrogens with zero attached hydrogens (tertiary/aromatic N) is 2. The molecule has 2 aliphatic carbocycles. The van der Waals surface area contributed by atoms with Gasteiger partial charge in [-0.25, -0.2) is 9.59 Å². The average Bonchev–Trinajstić information content (AvgIpc) is 3.28. The molecule has 0 aromatic carbocycles. The van der Waals surface area contributed by atoms with Crippen molar-refractivity contribution in [1.82, 2.24) is 0 Å². The van der Waals surface area contributed by atoms with Crippen LogP contribution in [0.1, 0.15) is 81.1 Å². The minimum absolute atomic E-state index is 0.303. The largest absolute Gasteiger partial charge is 0.462 e. The van der Waals surface area contributed by atoms with Gasteiger partial charge in [0, 0.05) is 0 Å². The lowest BCUT2D eigenvalue weighted by molar-refractivity contribution is 0.0517. The van der Waals surface area contributed by atoms with Crippen LogP contribution in [0.4, 0.5) is 10.0 Å². The molecule has 0 radical (unpaired) electrons. The van der Waals surface area contributed by atoms with Gasteiger partial charge in [0.2, 0.25) is 0 Å². The van der Waals surface area contributed by atoms with Crippen LogP contribution in [-0.2, 0) is 22.3 Å². The lowest BCUT2D eigenvalue weighted by Crippen LogP contribution is -2.15. The molecule has 0 aliphatic heterocycles. The van der Waals surface area contributed by atoms with E-state index >= 15 is 0 Å². The Labute approximate surface area is 194 Å². The molecule has 0 bridgehead atoms. The van der Waals surface area contributed by atoms with Crippen molar-refractivity contribution in [3.05, 3.63) is 32.0 Å². The van der Waals surface area contributed by atoms with Crippen LogP contribution in [-0.4, -0.2) is 36.6 Å². The molecule has 4 rings (SSSR count). The zero-order valence-corrected chi connectivity index (χ0v) is 19.8. The smallest absolute Gasteiger partial charge is 0.341 e. The highest BCUT2D eigenvalue weighted by Gasteiger charge is 2.30. The van der Waals surface area contributed by atoms with Gasteiger partial charge in [0.1, 0.15) is 10.0 Å². The normalized spacial score (nSPS) is 17.8. The molecule has 0 saturated heterocycles. The van der Waals surface area contributed by atoms with Gasteiger partial charge in [-0.2, -0.15) is 10.2 Å². The van der Waals surface area contributed by atoms with E-state index in [0.717, 1.165) is 70.8 Å². The highest BCUT2D eigenvalue weighted by molar-refractivity contribution is 7.19. The average molecular weight is 475 g/mol. The number of carbonyl (C=O) groups excluding carboxylic acids is 2. The van der Waals surface area contributed by atoms with Crippen molar-refractivity contribution in [2.24, 2.45) is 10.2 Å². The Morgan fingerprint density at radius 2 is 1.19 bits per heavy atom. The maximum Gasteiger partial charge on any atom is 0.341 e. The highest BCUT2D eigenvalue weighted by Crippen LogP contribution is 2.39. The molecule has 0 atom stereocenters. The number of anilines is 2. The van der Waals surface area contributed by atoms with Crippen LogP contribution in [0, 0.1) is 0 Å². The van der Waals surface area contributed by atoms with E-state index in [9.17, 15) is 9.59 Å². The lowest BCUT2D eigenvalue weighted by Gasteiger charge is -2.16. The monoisotopic (exact) mass is 474 g/mol. The summed E-state index contributed by atoms with van der Waals surface area (Å²) in [4.78, 5) is 26.6. The summed E-state index contributed by atoms with van der Waals surface area (Å²) in [5.41, 5.74) is 16.7. The number of ether oxygens (including phenoxy) is 2. The lowest BCUT2D eigenvalue weighted by atomic mass is 9.94. The number of fused-ring (bicyclic) bond motifs is 2. The maximum atomic E-state index is 12.4. The summed E-state index contributed by atoms with van der Waals surface area (Å²) in [5, 5.41) is 10.1. The highest BCUT2D eigenvalue weighted by atomic mass is 32.1. The van der Waals surface area contributed by atoms with E-state index in [1.54, 1.807) is 13.8 Å². The number of hydrogen-bond donors (Lipinski definition) is 2. The van der Waals surface area contributed by atoms with Crippen LogP contribution < -0.4 is 11.5 Å². The van der Waals surface area contributed by atoms with Gasteiger partial charge in [-0.1, -0.05) is 0 Å². The Morgan fingerprint density at radius 1 is 0.781 bits per heavy atom. The van der Waals surface area contributed by atoms with Crippen LogP contribution in [0.15, 0.2) is 10.2 Å². The molecule has 0 saturated carbocycles. The fourth-order valence-corrected chi connectivity index (χ4v) is 6.40. The summed E-state index contributed by atoms with van der Waals surface area (Å²) in [7, 11) is 0. The zero-order chi connectivity index (χ0) is 22.8. The number of esters is 2. The molecule has 170 valence electrons. The van der Waals surface area contributed by atoms with Gasteiger partial charge in [0.15, 0.2) is 0 Å². The van der Waals surface area contributed by atoms with Crippen LogP contribution in [0.3, 0.4) is 0 Å². The Kier molecular flexibility index (Phi) is 6.61. The second-order valence-electron chi connectivity index (χ2n) is 7.54. The molecule has 0 spiro atoms. The van der Waals surface area contributed by atoms with E-state index in [-0.39, 0.29) is 11.9 Å². The molecule has 10 heteroatoms. The summed E-state index contributed by atoms with van der Waals surface area (Å²) in [5.74, 6) is -0.764. The minimum atomic E-state index is -0.382. The molecule has 4 N–H and O–H groups in total. The van der Waals surface area contributed by atoms with E-state index in [4.69, 9.17) is 20.9 Å². The van der Waals surface area contributed by atoms with Gasteiger partial charge in [-0.05, 0) is 63.5 Å². The SMILES string of the molecule is CCOC(=O)c1c(N)sc2c1CCC/C2=N/N=C1/CCCc2c1sc(N)c2C(=O)OCC. The first kappa shape index (κ1) is 22.5. The van der Waals surface area contributed by atoms with Crippen LogP contribution >= 0.6 is 22.7 Å². The molecule has 0 amide bonds. The molecule has 2 aliphatic rings. The molecule has 8 nitrogen and oxygen atoms in total. The number of carbonyl (C=O) groups is 2. The Balaban J connectivity index is 1.69. The van der Waals surface area contributed by atoms with Crippen LogP contribution in [0.25, 0.3) is 0 Å². The second kappa shape index (κ2) is 9.41. The van der Waals surface area contributed by atoms with Crippen molar-refractivity contribution in [3.63, 3.8) is 0 Å². The molecule has 0 fully saturated rings. The first-order valence-electron chi connectivity index (χ1n) is 10.8. The van der Waals surface area contributed by atoms with Gasteiger partial charge in [-0.3, -0.25) is 0 Å². The molecular weight excluding hydrogens is 448 g/mol. The topological polar surface area (TPSA) is 129 Å². The van der Waals surface area contributed by atoms with Gasteiger partial charge < -0.3 is 20.9 Å². The van der Waals surface area contributed by atoms with Crippen molar-refractivity contribution in [3.8, 4) is 0 Å². The van der Waals surface area contributed by atoms with E-state index in [1.165, 1.54) is 22.7 Å². The second-order valence-corrected chi connectivity index (χ2v) is 9.64. The third-order valence-corrected chi connectivity index (χ3v) is 7.74. The summed E-state index contributed by atoms with van der Waals surface area (Å²) in [6.07, 6.45) is 4.79. The fraction of sp³-hybridized carbons (Fsp3) is 0.455. The van der Waals surface area contributed by atoms with Crippen LogP contribution in [0.5, 0.6) is 0 Å².